The summed E-state index contributed by atoms with van der Waals surface area (Å²) in [5.74, 6) is 1.11. The molecule has 1 fully saturated rings. The van der Waals surface area contributed by atoms with Gasteiger partial charge in [-0.05, 0) is 98.2 Å². The SMILES string of the molecule is COCCCc1cc(CN(C(=O)C2=C(c3ccc(OCCOc4c(Cl)cc(C)cc4Cl)cc3)CCNC2COCOC)C2CC2)c(Cl)cn1. The summed E-state index contributed by atoms with van der Waals surface area (Å²) < 4.78 is 27.9. The van der Waals surface area contributed by atoms with Gasteiger partial charge in [-0.25, -0.2) is 0 Å². The molecule has 1 N–H and O–H groups in total. The van der Waals surface area contributed by atoms with Crippen LogP contribution in [0.15, 0.2) is 54.2 Å². The van der Waals surface area contributed by atoms with E-state index in [0.29, 0.717) is 71.5 Å². The third kappa shape index (κ3) is 10.3. The molecule has 0 saturated heterocycles. The number of nitrogens with one attached hydrogen (secondary N) is 1. The van der Waals surface area contributed by atoms with E-state index < -0.39 is 0 Å². The molecule has 1 saturated carbocycles. The Morgan fingerprint density at radius 1 is 0.959 bits per heavy atom. The lowest BCUT2D eigenvalue weighted by molar-refractivity contribution is -0.129. The number of ether oxygens (including phenoxy) is 5. The second-order valence-corrected chi connectivity index (χ2v) is 13.5. The fourth-order valence-electron chi connectivity index (χ4n) is 5.94. The zero-order valence-corrected chi connectivity index (χ0v) is 30.5. The number of amides is 1. The zero-order valence-electron chi connectivity index (χ0n) is 28.2. The van der Waals surface area contributed by atoms with Gasteiger partial charge in [0.05, 0.1) is 27.7 Å². The fourth-order valence-corrected chi connectivity index (χ4v) is 6.81. The predicted octanol–water partition coefficient (Wildman–Crippen LogP) is 7.31. The van der Waals surface area contributed by atoms with E-state index in [2.05, 4.69) is 10.3 Å². The number of rotatable bonds is 18. The maximum Gasteiger partial charge on any atom is 0.252 e. The highest BCUT2D eigenvalue weighted by Crippen LogP contribution is 2.36. The first-order valence-electron chi connectivity index (χ1n) is 16.6. The Hall–Kier alpha value is -2.89. The van der Waals surface area contributed by atoms with Gasteiger partial charge < -0.3 is 33.9 Å². The van der Waals surface area contributed by atoms with E-state index in [1.807, 2.05) is 54.3 Å². The highest BCUT2D eigenvalue weighted by Gasteiger charge is 2.38. The molecule has 2 heterocycles. The minimum Gasteiger partial charge on any atom is -0.490 e. The van der Waals surface area contributed by atoms with E-state index in [-0.39, 0.29) is 31.4 Å². The molecule has 1 aliphatic carbocycles. The predicted molar refractivity (Wildman–Crippen MR) is 193 cm³/mol. The summed E-state index contributed by atoms with van der Waals surface area (Å²) in [4.78, 5) is 21.1. The molecule has 0 spiro atoms. The van der Waals surface area contributed by atoms with E-state index in [9.17, 15) is 4.79 Å². The second kappa shape index (κ2) is 18.4. The Labute approximate surface area is 303 Å². The van der Waals surface area contributed by atoms with Crippen molar-refractivity contribution in [3.8, 4) is 11.5 Å². The number of halogens is 3. The number of aromatic nitrogens is 1. The Kier molecular flexibility index (Phi) is 14.0. The second-order valence-electron chi connectivity index (χ2n) is 12.2. The lowest BCUT2D eigenvalue weighted by Crippen LogP contribution is -2.47. The van der Waals surface area contributed by atoms with Gasteiger partial charge in [0.25, 0.3) is 5.91 Å². The van der Waals surface area contributed by atoms with Crippen molar-refractivity contribution in [1.82, 2.24) is 15.2 Å². The molecule has 0 radical (unpaired) electrons. The van der Waals surface area contributed by atoms with Crippen LogP contribution in [0.25, 0.3) is 5.57 Å². The van der Waals surface area contributed by atoms with Crippen molar-refractivity contribution in [3.05, 3.63) is 91.7 Å². The van der Waals surface area contributed by atoms with Crippen molar-refractivity contribution in [2.24, 2.45) is 0 Å². The highest BCUT2D eigenvalue weighted by molar-refractivity contribution is 6.37. The average Bonchev–Trinajstić information content (AvgIpc) is 3.93. The summed E-state index contributed by atoms with van der Waals surface area (Å²) in [6, 6.07) is 13.3. The first-order chi connectivity index (χ1) is 23.8. The molecule has 3 aromatic rings. The number of methoxy groups -OCH3 is 2. The number of aryl methyl sites for hydroxylation is 2. The van der Waals surface area contributed by atoms with Crippen molar-refractivity contribution in [3.63, 3.8) is 0 Å². The summed E-state index contributed by atoms with van der Waals surface area (Å²) in [5, 5.41) is 5.00. The number of hydrogen-bond donors (Lipinski definition) is 1. The largest absolute Gasteiger partial charge is 0.490 e. The van der Waals surface area contributed by atoms with Crippen LogP contribution in [-0.4, -0.2) is 81.9 Å². The Balaban J connectivity index is 1.34. The van der Waals surface area contributed by atoms with E-state index in [0.717, 1.165) is 53.6 Å². The Morgan fingerprint density at radius 2 is 1.69 bits per heavy atom. The van der Waals surface area contributed by atoms with Crippen LogP contribution in [0.5, 0.6) is 11.5 Å². The van der Waals surface area contributed by atoms with Crippen molar-refractivity contribution in [2.45, 2.75) is 57.7 Å². The molecule has 264 valence electrons. The first-order valence-corrected chi connectivity index (χ1v) is 17.7. The third-order valence-corrected chi connectivity index (χ3v) is 9.36. The van der Waals surface area contributed by atoms with Gasteiger partial charge in [-0.1, -0.05) is 46.9 Å². The number of benzene rings is 2. The number of pyridine rings is 1. The van der Waals surface area contributed by atoms with Crippen LogP contribution < -0.4 is 14.8 Å². The van der Waals surface area contributed by atoms with Crippen LogP contribution in [0.2, 0.25) is 15.1 Å². The van der Waals surface area contributed by atoms with E-state index in [1.54, 1.807) is 20.4 Å². The normalized spacial score (nSPS) is 16.2. The molecular formula is C37H44Cl3N3O6. The molecular weight excluding hydrogens is 689 g/mol. The van der Waals surface area contributed by atoms with Gasteiger partial charge in [0.15, 0.2) is 5.75 Å². The van der Waals surface area contributed by atoms with Gasteiger partial charge in [0.1, 0.15) is 25.8 Å². The molecule has 1 atom stereocenters. The van der Waals surface area contributed by atoms with Gasteiger partial charge in [-0.3, -0.25) is 9.78 Å². The standard InChI is InChI=1S/C37H44Cl3N3O6/c1-24-17-31(38)36(32(39)18-24)49-16-15-48-29-10-6-25(7-11-29)30-12-13-41-34(22-47-23-46-3)35(30)37(44)43(28-8-9-28)21-26-19-27(5-4-14-45-2)42-20-33(26)40/h6-7,10-11,17-20,28,34,41H,4-5,8-9,12-16,21-23H2,1-3H3. The lowest BCUT2D eigenvalue weighted by atomic mass is 9.88. The maximum absolute atomic E-state index is 14.7. The van der Waals surface area contributed by atoms with E-state index in [1.165, 1.54) is 0 Å². The van der Waals surface area contributed by atoms with Gasteiger partial charge in [0, 0.05) is 50.9 Å². The molecule has 1 amide bonds. The zero-order chi connectivity index (χ0) is 34.8. The van der Waals surface area contributed by atoms with Gasteiger partial charge in [0.2, 0.25) is 0 Å². The van der Waals surface area contributed by atoms with Crippen molar-refractivity contribution < 1.29 is 28.5 Å². The minimum atomic E-state index is -0.307. The van der Waals surface area contributed by atoms with Crippen LogP contribution in [0.3, 0.4) is 0 Å². The lowest BCUT2D eigenvalue weighted by Gasteiger charge is -2.33. The molecule has 49 heavy (non-hydrogen) atoms. The molecule has 1 aromatic heterocycles. The smallest absolute Gasteiger partial charge is 0.252 e. The van der Waals surface area contributed by atoms with Crippen LogP contribution >= 0.6 is 34.8 Å². The van der Waals surface area contributed by atoms with Crippen molar-refractivity contribution in [2.75, 3.05) is 54.0 Å². The van der Waals surface area contributed by atoms with Gasteiger partial charge in [-0.15, -0.1) is 0 Å². The molecule has 2 aromatic carbocycles. The average molecular weight is 733 g/mol. The maximum atomic E-state index is 14.7. The van der Waals surface area contributed by atoms with E-state index in [4.69, 9.17) is 58.5 Å². The van der Waals surface area contributed by atoms with Crippen LogP contribution in [0, 0.1) is 6.92 Å². The molecule has 12 heteroatoms. The van der Waals surface area contributed by atoms with Crippen LogP contribution in [0.4, 0.5) is 0 Å². The molecule has 0 bridgehead atoms. The molecule has 1 unspecified atom stereocenters. The quantitative estimate of drug-likeness (QED) is 0.108. The third-order valence-electron chi connectivity index (χ3n) is 8.46. The number of carbonyl (C=O) groups excluding carboxylic acids is 1. The summed E-state index contributed by atoms with van der Waals surface area (Å²) in [7, 11) is 3.28. The molecule has 2 aliphatic rings. The van der Waals surface area contributed by atoms with Gasteiger partial charge in [-0.2, -0.15) is 0 Å². The van der Waals surface area contributed by atoms with Crippen molar-refractivity contribution >= 4 is 46.3 Å². The summed E-state index contributed by atoms with van der Waals surface area (Å²) in [6.45, 7) is 4.70. The molecule has 1 aliphatic heterocycles. The highest BCUT2D eigenvalue weighted by atomic mass is 35.5. The van der Waals surface area contributed by atoms with Crippen LogP contribution in [-0.2, 0) is 32.0 Å². The van der Waals surface area contributed by atoms with Crippen LogP contribution in [0.1, 0.15) is 48.1 Å². The fraction of sp³-hybridized carbons (Fsp3) is 0.459. The van der Waals surface area contributed by atoms with Crippen molar-refractivity contribution in [1.29, 1.82) is 0 Å². The summed E-state index contributed by atoms with van der Waals surface area (Å²) in [5.41, 5.74) is 5.43. The molecule has 9 nitrogen and oxygen atoms in total. The monoisotopic (exact) mass is 731 g/mol. The minimum absolute atomic E-state index is 0.0181. The first kappa shape index (κ1) is 37.4. The summed E-state index contributed by atoms with van der Waals surface area (Å²) in [6.07, 6.45) is 5.91. The Morgan fingerprint density at radius 3 is 2.39 bits per heavy atom. The van der Waals surface area contributed by atoms with Gasteiger partial charge >= 0.3 is 0 Å². The Bertz CT molecular complexity index is 1580. The van der Waals surface area contributed by atoms with E-state index >= 15 is 0 Å². The number of carbonyl (C=O) groups is 1. The topological polar surface area (TPSA) is 91.4 Å². The number of hydrogen-bond acceptors (Lipinski definition) is 8. The molecule has 5 rings (SSSR count). The number of nitrogens with zero attached hydrogens (tertiary/aromatic N) is 2. The summed E-state index contributed by atoms with van der Waals surface area (Å²) >= 11 is 19.3.